The molecule has 0 radical (unpaired) electrons. The first-order chi connectivity index (χ1) is 12.5. The summed E-state index contributed by atoms with van der Waals surface area (Å²) < 4.78 is 3.45. The second kappa shape index (κ2) is 7.79. The Morgan fingerprint density at radius 1 is 1.08 bits per heavy atom. The summed E-state index contributed by atoms with van der Waals surface area (Å²) in [5, 5.41) is 3.45. The average molecular weight is 372 g/mol. The van der Waals surface area contributed by atoms with Gasteiger partial charge in [0.25, 0.3) is 0 Å². The third kappa shape index (κ3) is 3.68. The number of halogens is 1. The molecule has 0 aliphatic rings. The molecular weight excluding hydrogens is 350 g/mol. The SMILES string of the molecule is CCCn1c(=O)n(CCC(=O)Nc2cc(Cl)ccc2C)c2ccccc21. The second-order valence-corrected chi connectivity index (χ2v) is 6.77. The number of carbonyl (C=O) groups excluding carboxylic acids is 1. The third-order valence-electron chi connectivity index (χ3n) is 4.41. The molecule has 0 aliphatic heterocycles. The largest absolute Gasteiger partial charge is 0.329 e. The Morgan fingerprint density at radius 3 is 2.38 bits per heavy atom. The molecule has 1 aromatic heterocycles. The number of benzene rings is 2. The quantitative estimate of drug-likeness (QED) is 0.705. The Morgan fingerprint density at radius 2 is 1.73 bits per heavy atom. The van der Waals surface area contributed by atoms with Crippen LogP contribution in [0.25, 0.3) is 11.0 Å². The first-order valence-electron chi connectivity index (χ1n) is 8.75. The zero-order valence-electron chi connectivity index (χ0n) is 15.0. The number of para-hydroxylation sites is 2. The highest BCUT2D eigenvalue weighted by Crippen LogP contribution is 2.20. The molecule has 2 aromatic carbocycles. The molecule has 3 aromatic rings. The molecular formula is C20H22ClN3O2. The molecule has 6 heteroatoms. The maximum atomic E-state index is 12.7. The Bertz CT molecular complexity index is 1000. The molecule has 0 atom stereocenters. The minimum Gasteiger partial charge on any atom is -0.326 e. The topological polar surface area (TPSA) is 56.0 Å². The van der Waals surface area contributed by atoms with Crippen LogP contribution in [0.5, 0.6) is 0 Å². The number of fused-ring (bicyclic) bond motifs is 1. The maximum Gasteiger partial charge on any atom is 0.329 e. The van der Waals surface area contributed by atoms with Gasteiger partial charge < -0.3 is 5.32 Å². The number of nitrogens with one attached hydrogen (secondary N) is 1. The lowest BCUT2D eigenvalue weighted by Gasteiger charge is -2.09. The van der Waals surface area contributed by atoms with E-state index in [0.717, 1.165) is 23.0 Å². The Hall–Kier alpha value is -2.53. The van der Waals surface area contributed by atoms with Gasteiger partial charge in [-0.2, -0.15) is 0 Å². The molecule has 136 valence electrons. The van der Waals surface area contributed by atoms with E-state index < -0.39 is 0 Å². The van der Waals surface area contributed by atoms with E-state index in [4.69, 9.17) is 11.6 Å². The summed E-state index contributed by atoms with van der Waals surface area (Å²) in [4.78, 5) is 25.1. The number of anilines is 1. The summed E-state index contributed by atoms with van der Waals surface area (Å²) in [6.07, 6.45) is 1.09. The van der Waals surface area contributed by atoms with Crippen molar-refractivity contribution in [3.63, 3.8) is 0 Å². The highest BCUT2D eigenvalue weighted by Gasteiger charge is 2.13. The van der Waals surface area contributed by atoms with Gasteiger partial charge in [0.1, 0.15) is 0 Å². The van der Waals surface area contributed by atoms with E-state index in [1.54, 1.807) is 21.3 Å². The molecule has 0 unspecified atom stereocenters. The van der Waals surface area contributed by atoms with Crippen LogP contribution in [0.15, 0.2) is 47.3 Å². The molecule has 26 heavy (non-hydrogen) atoms. The highest BCUT2D eigenvalue weighted by molar-refractivity contribution is 6.31. The number of amides is 1. The number of rotatable bonds is 6. The Kier molecular flexibility index (Phi) is 5.47. The molecule has 0 saturated carbocycles. The van der Waals surface area contributed by atoms with Gasteiger partial charge in [-0.25, -0.2) is 4.79 Å². The van der Waals surface area contributed by atoms with Crippen LogP contribution in [0, 0.1) is 6.92 Å². The van der Waals surface area contributed by atoms with Crippen LogP contribution in [0.2, 0.25) is 5.02 Å². The second-order valence-electron chi connectivity index (χ2n) is 6.33. The van der Waals surface area contributed by atoms with Crippen LogP contribution in [-0.4, -0.2) is 15.0 Å². The van der Waals surface area contributed by atoms with E-state index in [-0.39, 0.29) is 18.0 Å². The lowest BCUT2D eigenvalue weighted by molar-refractivity contribution is -0.116. The molecule has 1 heterocycles. The van der Waals surface area contributed by atoms with Gasteiger partial charge >= 0.3 is 5.69 Å². The maximum absolute atomic E-state index is 12.7. The van der Waals surface area contributed by atoms with Crippen LogP contribution in [-0.2, 0) is 17.9 Å². The molecule has 0 fully saturated rings. The molecule has 3 rings (SSSR count). The van der Waals surface area contributed by atoms with Crippen molar-refractivity contribution in [3.8, 4) is 0 Å². The van der Waals surface area contributed by atoms with E-state index in [1.807, 2.05) is 44.2 Å². The van der Waals surface area contributed by atoms with E-state index in [9.17, 15) is 9.59 Å². The normalized spacial score (nSPS) is 11.0. The smallest absolute Gasteiger partial charge is 0.326 e. The Balaban J connectivity index is 1.79. The summed E-state index contributed by atoms with van der Waals surface area (Å²) in [6, 6.07) is 13.1. The summed E-state index contributed by atoms with van der Waals surface area (Å²) in [5.41, 5.74) is 3.34. The van der Waals surface area contributed by atoms with Crippen molar-refractivity contribution in [3.05, 3.63) is 63.5 Å². The van der Waals surface area contributed by atoms with Gasteiger partial charge in [0.05, 0.1) is 11.0 Å². The van der Waals surface area contributed by atoms with Crippen molar-refractivity contribution in [2.24, 2.45) is 0 Å². The minimum absolute atomic E-state index is 0.0696. The molecule has 0 bridgehead atoms. The van der Waals surface area contributed by atoms with E-state index in [1.165, 1.54) is 0 Å². The van der Waals surface area contributed by atoms with Crippen LogP contribution in [0.3, 0.4) is 0 Å². The summed E-state index contributed by atoms with van der Waals surface area (Å²) in [7, 11) is 0. The number of imidazole rings is 1. The highest BCUT2D eigenvalue weighted by atomic mass is 35.5. The van der Waals surface area contributed by atoms with Gasteiger partial charge in [-0.3, -0.25) is 13.9 Å². The van der Waals surface area contributed by atoms with E-state index in [2.05, 4.69) is 5.32 Å². The van der Waals surface area contributed by atoms with Crippen molar-refractivity contribution in [2.75, 3.05) is 5.32 Å². The molecule has 1 amide bonds. The van der Waals surface area contributed by atoms with Crippen molar-refractivity contribution < 1.29 is 4.79 Å². The van der Waals surface area contributed by atoms with Crippen LogP contribution >= 0.6 is 11.6 Å². The number of hydrogen-bond donors (Lipinski definition) is 1. The predicted molar refractivity (Wildman–Crippen MR) is 106 cm³/mol. The zero-order valence-corrected chi connectivity index (χ0v) is 15.7. The molecule has 1 N–H and O–H groups in total. The molecule has 0 aliphatic carbocycles. The van der Waals surface area contributed by atoms with Gasteiger partial charge in [0, 0.05) is 30.2 Å². The lowest BCUT2D eigenvalue weighted by atomic mass is 10.2. The minimum atomic E-state index is -0.144. The third-order valence-corrected chi connectivity index (χ3v) is 4.64. The molecule has 0 spiro atoms. The fourth-order valence-corrected chi connectivity index (χ4v) is 3.26. The standard InChI is InChI=1S/C20H22ClN3O2/c1-3-11-23-17-6-4-5-7-18(17)24(20(23)26)12-10-19(25)22-16-13-15(21)9-8-14(16)2/h4-9,13H,3,10-12H2,1-2H3,(H,22,25). The van der Waals surface area contributed by atoms with Crippen LogP contribution in [0.4, 0.5) is 5.69 Å². The van der Waals surface area contributed by atoms with Crippen molar-refractivity contribution >= 4 is 34.2 Å². The lowest BCUT2D eigenvalue weighted by Crippen LogP contribution is -2.26. The number of hydrogen-bond acceptors (Lipinski definition) is 2. The van der Waals surface area contributed by atoms with Gasteiger partial charge in [-0.15, -0.1) is 0 Å². The van der Waals surface area contributed by atoms with Crippen LogP contribution < -0.4 is 11.0 Å². The predicted octanol–water partition coefficient (Wildman–Crippen LogP) is 4.20. The van der Waals surface area contributed by atoms with Crippen molar-refractivity contribution in [1.29, 1.82) is 0 Å². The fourth-order valence-electron chi connectivity index (χ4n) is 3.08. The van der Waals surface area contributed by atoms with Gasteiger partial charge in [-0.1, -0.05) is 36.7 Å². The monoisotopic (exact) mass is 371 g/mol. The fraction of sp³-hybridized carbons (Fsp3) is 0.300. The summed E-state index contributed by atoms with van der Waals surface area (Å²) in [6.45, 7) is 4.95. The molecule has 0 saturated heterocycles. The average Bonchev–Trinajstić information content (AvgIpc) is 2.89. The number of nitrogens with zero attached hydrogens (tertiary/aromatic N) is 2. The first-order valence-corrected chi connectivity index (χ1v) is 9.13. The molecule has 5 nitrogen and oxygen atoms in total. The Labute approximate surface area is 157 Å². The van der Waals surface area contributed by atoms with Gasteiger partial charge in [0.2, 0.25) is 5.91 Å². The number of aromatic nitrogens is 2. The van der Waals surface area contributed by atoms with Crippen molar-refractivity contribution in [1.82, 2.24) is 9.13 Å². The first kappa shape index (κ1) is 18.3. The van der Waals surface area contributed by atoms with E-state index >= 15 is 0 Å². The van der Waals surface area contributed by atoms with Gasteiger partial charge in [-0.05, 0) is 43.2 Å². The van der Waals surface area contributed by atoms with E-state index in [0.29, 0.717) is 23.8 Å². The van der Waals surface area contributed by atoms with Gasteiger partial charge in [0.15, 0.2) is 0 Å². The van der Waals surface area contributed by atoms with Crippen LogP contribution in [0.1, 0.15) is 25.3 Å². The van der Waals surface area contributed by atoms with Crippen molar-refractivity contribution in [2.45, 2.75) is 39.8 Å². The summed E-state index contributed by atoms with van der Waals surface area (Å²) in [5.74, 6) is -0.144. The number of carbonyl (C=O) groups is 1. The zero-order chi connectivity index (χ0) is 18.7. The number of aryl methyl sites for hydroxylation is 3. The summed E-state index contributed by atoms with van der Waals surface area (Å²) >= 11 is 5.99.